The van der Waals surface area contributed by atoms with Crippen molar-refractivity contribution in [3.8, 4) is 0 Å². The average molecular weight is 319 g/mol. The fourth-order valence-corrected chi connectivity index (χ4v) is 2.70. The van der Waals surface area contributed by atoms with Gasteiger partial charge in [-0.25, -0.2) is 4.98 Å². The van der Waals surface area contributed by atoms with E-state index in [4.69, 9.17) is 4.74 Å². The molecule has 96 valence electrons. The number of carbonyl (C=O) groups excluding carboxylic acids is 1. The normalized spacial score (nSPS) is 11.8. The maximum Gasteiger partial charge on any atom is 0.179 e. The number of ether oxygens (including phenoxy) is 1. The number of aromatic nitrogens is 2. The zero-order valence-corrected chi connectivity index (χ0v) is 13.4. The molecule has 0 aliphatic heterocycles. The summed E-state index contributed by atoms with van der Waals surface area (Å²) in [6.07, 6.45) is 1.62. The lowest BCUT2D eigenvalue weighted by Crippen LogP contribution is -2.22. The van der Waals surface area contributed by atoms with Crippen molar-refractivity contribution in [2.45, 2.75) is 39.3 Å². The van der Waals surface area contributed by atoms with Gasteiger partial charge >= 0.3 is 0 Å². The molecule has 0 N–H and O–H groups in total. The summed E-state index contributed by atoms with van der Waals surface area (Å²) in [7, 11) is -1.05. The van der Waals surface area contributed by atoms with Gasteiger partial charge in [0.25, 0.3) is 0 Å². The van der Waals surface area contributed by atoms with Crippen LogP contribution in [-0.2, 0) is 11.5 Å². The van der Waals surface area contributed by atoms with Crippen molar-refractivity contribution in [1.29, 1.82) is 0 Å². The summed E-state index contributed by atoms with van der Waals surface area (Å²) in [6.45, 7) is 9.59. The Morgan fingerprint density at radius 2 is 2.18 bits per heavy atom. The van der Waals surface area contributed by atoms with Crippen LogP contribution in [0.1, 0.15) is 17.4 Å². The van der Waals surface area contributed by atoms with Crippen LogP contribution in [-0.4, -0.2) is 30.0 Å². The number of carbonyl (C=O) groups is 1. The van der Waals surface area contributed by atoms with Crippen LogP contribution >= 0.6 is 15.9 Å². The van der Waals surface area contributed by atoms with Crippen LogP contribution in [0, 0.1) is 0 Å². The Kier molecular flexibility index (Phi) is 5.09. The Balaban J connectivity index is 2.50. The molecule has 0 atom stereocenters. The first-order valence-electron chi connectivity index (χ1n) is 5.60. The van der Waals surface area contributed by atoms with E-state index in [0.29, 0.717) is 17.0 Å². The van der Waals surface area contributed by atoms with Crippen LogP contribution < -0.4 is 0 Å². The number of hydrogen-bond donors (Lipinski definition) is 0. The first-order valence-corrected chi connectivity index (χ1v) is 10.1. The molecule has 0 saturated heterocycles. The van der Waals surface area contributed by atoms with Crippen LogP contribution in [0.5, 0.6) is 0 Å². The van der Waals surface area contributed by atoms with Gasteiger partial charge in [0.1, 0.15) is 17.0 Å². The van der Waals surface area contributed by atoms with E-state index in [2.05, 4.69) is 40.6 Å². The third-order valence-electron chi connectivity index (χ3n) is 2.35. The van der Waals surface area contributed by atoms with Gasteiger partial charge in [0, 0.05) is 21.6 Å². The Labute approximate surface area is 112 Å². The molecule has 0 aliphatic carbocycles. The van der Waals surface area contributed by atoms with E-state index in [-0.39, 0.29) is 5.78 Å². The number of hydrogen-bond acceptors (Lipinski definition) is 3. The second-order valence-corrected chi connectivity index (χ2v) is 11.6. The molecule has 1 aromatic heterocycles. The molecule has 1 rings (SSSR count). The second kappa shape index (κ2) is 5.93. The highest BCUT2D eigenvalue weighted by Gasteiger charge is 2.14. The highest BCUT2D eigenvalue weighted by molar-refractivity contribution is 9.10. The highest BCUT2D eigenvalue weighted by Crippen LogP contribution is 2.15. The molecule has 0 radical (unpaired) electrons. The summed E-state index contributed by atoms with van der Waals surface area (Å²) in [5, 5.41) is 0. The van der Waals surface area contributed by atoms with Crippen LogP contribution in [0.4, 0.5) is 0 Å². The summed E-state index contributed by atoms with van der Waals surface area (Å²) in [6, 6.07) is 1.12. The van der Waals surface area contributed by atoms with E-state index in [0.717, 1.165) is 12.7 Å². The van der Waals surface area contributed by atoms with Gasteiger partial charge in [-0.05, 0) is 22.0 Å². The number of nitrogens with zero attached hydrogens (tertiary/aromatic N) is 2. The second-order valence-electron chi connectivity index (χ2n) is 5.26. The van der Waals surface area contributed by atoms with E-state index < -0.39 is 8.07 Å². The molecule has 0 fully saturated rings. The van der Waals surface area contributed by atoms with E-state index in [1.54, 1.807) is 10.9 Å². The van der Waals surface area contributed by atoms with Crippen molar-refractivity contribution in [3.05, 3.63) is 16.6 Å². The molecule has 6 heteroatoms. The van der Waals surface area contributed by atoms with Crippen molar-refractivity contribution in [2.24, 2.45) is 0 Å². The van der Waals surface area contributed by atoms with Gasteiger partial charge in [-0.15, -0.1) is 0 Å². The van der Waals surface area contributed by atoms with E-state index in [1.807, 2.05) is 0 Å². The number of ketones is 1. The van der Waals surface area contributed by atoms with E-state index >= 15 is 0 Å². The van der Waals surface area contributed by atoms with Gasteiger partial charge in [0.15, 0.2) is 5.78 Å². The maximum absolute atomic E-state index is 11.4. The van der Waals surface area contributed by atoms with E-state index in [9.17, 15) is 4.79 Å². The van der Waals surface area contributed by atoms with E-state index in [1.165, 1.54) is 6.92 Å². The zero-order chi connectivity index (χ0) is 13.1. The highest BCUT2D eigenvalue weighted by atomic mass is 79.9. The van der Waals surface area contributed by atoms with Crippen LogP contribution in [0.25, 0.3) is 0 Å². The molecule has 0 aliphatic rings. The van der Waals surface area contributed by atoms with Crippen LogP contribution in [0.2, 0.25) is 25.7 Å². The molecule has 1 aromatic rings. The van der Waals surface area contributed by atoms with Gasteiger partial charge in [0.2, 0.25) is 0 Å². The molecule has 0 spiro atoms. The third-order valence-corrected chi connectivity index (χ3v) is 4.64. The minimum Gasteiger partial charge on any atom is -0.361 e. The van der Waals surface area contributed by atoms with Gasteiger partial charge in [-0.1, -0.05) is 19.6 Å². The summed E-state index contributed by atoms with van der Waals surface area (Å²) in [5.41, 5.74) is 0.568. The smallest absolute Gasteiger partial charge is 0.179 e. The Morgan fingerprint density at radius 3 is 2.71 bits per heavy atom. The first kappa shape index (κ1) is 14.6. The molecule has 0 saturated carbocycles. The Morgan fingerprint density at radius 1 is 1.53 bits per heavy atom. The maximum atomic E-state index is 11.4. The first-order chi connectivity index (χ1) is 7.81. The molecule has 1 heterocycles. The summed E-state index contributed by atoms with van der Waals surface area (Å²) >= 11 is 3.26. The van der Waals surface area contributed by atoms with Crippen LogP contribution in [0.15, 0.2) is 10.9 Å². The Bertz CT molecular complexity index is 399. The van der Waals surface area contributed by atoms with Gasteiger partial charge in [-0.3, -0.25) is 4.79 Å². The van der Waals surface area contributed by atoms with Crippen LogP contribution in [0.3, 0.4) is 0 Å². The molecular weight excluding hydrogens is 300 g/mol. The lowest BCUT2D eigenvalue weighted by atomic mass is 10.3. The number of rotatable bonds is 6. The predicted molar refractivity (Wildman–Crippen MR) is 74.0 cm³/mol. The molecule has 17 heavy (non-hydrogen) atoms. The number of halogens is 1. The van der Waals surface area contributed by atoms with Crippen molar-refractivity contribution >= 4 is 29.8 Å². The summed E-state index contributed by atoms with van der Waals surface area (Å²) in [5.74, 6) is -0.0110. The fraction of sp³-hybridized carbons (Fsp3) is 0.636. The number of imidazole rings is 1. The predicted octanol–water partition coefficient (Wildman–Crippen LogP) is 3.16. The molecule has 0 unspecified atom stereocenters. The SMILES string of the molecule is CC(=O)c1c(Br)ncn1COCC[Si](C)(C)C. The monoisotopic (exact) mass is 318 g/mol. The van der Waals surface area contributed by atoms with Crippen molar-refractivity contribution in [3.63, 3.8) is 0 Å². The van der Waals surface area contributed by atoms with Crippen molar-refractivity contribution in [1.82, 2.24) is 9.55 Å². The minimum atomic E-state index is -1.05. The average Bonchev–Trinajstić information content (AvgIpc) is 2.53. The van der Waals surface area contributed by atoms with Gasteiger partial charge in [0.05, 0.1) is 6.33 Å². The molecule has 4 nitrogen and oxygen atoms in total. The minimum absolute atomic E-state index is 0.0110. The molecule has 0 bridgehead atoms. The topological polar surface area (TPSA) is 44.1 Å². The lowest BCUT2D eigenvalue weighted by Gasteiger charge is -2.15. The summed E-state index contributed by atoms with van der Waals surface area (Å²) < 4.78 is 7.90. The fourth-order valence-electron chi connectivity index (χ4n) is 1.34. The van der Waals surface area contributed by atoms with Gasteiger partial charge in [-0.2, -0.15) is 0 Å². The largest absolute Gasteiger partial charge is 0.361 e. The van der Waals surface area contributed by atoms with Gasteiger partial charge < -0.3 is 9.30 Å². The van der Waals surface area contributed by atoms with Crippen molar-refractivity contribution < 1.29 is 9.53 Å². The molecular formula is C11H19BrN2O2Si. The third kappa shape index (κ3) is 4.73. The molecule has 0 aromatic carbocycles. The summed E-state index contributed by atoms with van der Waals surface area (Å²) in [4.78, 5) is 15.5. The standard InChI is InChI=1S/C11H19BrN2O2Si/c1-9(15)10-11(12)13-7-14(10)8-16-5-6-17(2,3)4/h7H,5-6,8H2,1-4H3. The molecule has 0 amide bonds. The van der Waals surface area contributed by atoms with Crippen molar-refractivity contribution in [2.75, 3.05) is 6.61 Å². The lowest BCUT2D eigenvalue weighted by molar-refractivity contribution is 0.0810. The zero-order valence-electron chi connectivity index (χ0n) is 10.8. The number of Topliss-reactive ketones (excluding diaryl/α,β-unsaturated/α-hetero) is 1. The quantitative estimate of drug-likeness (QED) is 0.459. The Hall–Kier alpha value is -0.463.